The zero-order valence-corrected chi connectivity index (χ0v) is 10.0. The molecule has 0 aromatic heterocycles. The van der Waals surface area contributed by atoms with E-state index in [4.69, 9.17) is 0 Å². The highest BCUT2D eigenvalue weighted by Gasteiger charge is 2.16. The van der Waals surface area contributed by atoms with Crippen LogP contribution in [-0.2, 0) is 0 Å². The van der Waals surface area contributed by atoms with Gasteiger partial charge in [0, 0.05) is 5.75 Å². The normalized spacial score (nSPS) is 19.3. The average molecular weight is 258 g/mol. The van der Waals surface area contributed by atoms with Crippen molar-refractivity contribution in [1.29, 1.82) is 0 Å². The molecule has 1 aliphatic rings. The summed E-state index contributed by atoms with van der Waals surface area (Å²) in [7, 11) is 0. The molecule has 1 atom stereocenters. The Labute approximate surface area is 102 Å². The summed E-state index contributed by atoms with van der Waals surface area (Å²) in [5, 5.41) is 3.74. The first-order valence-corrected chi connectivity index (χ1v) is 6.15. The number of nitrogens with one attached hydrogen (secondary N) is 1. The van der Waals surface area contributed by atoms with Crippen molar-refractivity contribution in [2.75, 3.05) is 11.1 Å². The summed E-state index contributed by atoms with van der Waals surface area (Å²) in [5.41, 5.74) is 0.508. The Hall–Kier alpha value is -1.30. The second-order valence-electron chi connectivity index (χ2n) is 3.59. The van der Waals surface area contributed by atoms with Gasteiger partial charge in [-0.05, 0) is 19.1 Å². The molecule has 2 rings (SSSR count). The van der Waals surface area contributed by atoms with Crippen molar-refractivity contribution in [1.82, 2.24) is 0 Å². The number of ether oxygens (including phenoxy) is 1. The number of thioether (sulfide) groups is 1. The molecule has 0 spiro atoms. The summed E-state index contributed by atoms with van der Waals surface area (Å²) in [6, 6.07) is 6.84. The molecule has 0 fully saturated rings. The lowest BCUT2D eigenvalue weighted by Crippen LogP contribution is -2.09. The number of rotatable bonds is 3. The number of nitrogens with zero attached hydrogens (tertiary/aromatic N) is 1. The van der Waals surface area contributed by atoms with Crippen LogP contribution in [0.1, 0.15) is 6.92 Å². The van der Waals surface area contributed by atoms with Gasteiger partial charge in [0.05, 0.1) is 11.7 Å². The smallest absolute Gasteiger partial charge is 0.387 e. The highest BCUT2D eigenvalue weighted by molar-refractivity contribution is 8.14. The van der Waals surface area contributed by atoms with Crippen molar-refractivity contribution in [3.8, 4) is 5.75 Å². The van der Waals surface area contributed by atoms with Crippen LogP contribution in [0, 0.1) is 0 Å². The number of para-hydroxylation sites is 2. The van der Waals surface area contributed by atoms with Crippen molar-refractivity contribution in [2.45, 2.75) is 19.6 Å². The Bertz CT molecular complexity index is 426. The van der Waals surface area contributed by atoms with E-state index < -0.39 is 6.61 Å². The zero-order chi connectivity index (χ0) is 12.3. The summed E-state index contributed by atoms with van der Waals surface area (Å²) >= 11 is 1.57. The predicted octanol–water partition coefficient (Wildman–Crippen LogP) is 3.19. The molecule has 0 amide bonds. The maximum absolute atomic E-state index is 12.2. The van der Waals surface area contributed by atoms with Crippen molar-refractivity contribution < 1.29 is 13.5 Å². The molecule has 17 heavy (non-hydrogen) atoms. The van der Waals surface area contributed by atoms with Crippen LogP contribution in [-0.4, -0.2) is 23.6 Å². The van der Waals surface area contributed by atoms with Gasteiger partial charge >= 0.3 is 6.61 Å². The van der Waals surface area contributed by atoms with Gasteiger partial charge in [-0.2, -0.15) is 8.78 Å². The number of aliphatic imine (C=N–C) groups is 1. The largest absolute Gasteiger partial charge is 0.433 e. The van der Waals surface area contributed by atoms with Crippen LogP contribution in [0.2, 0.25) is 0 Å². The highest BCUT2D eigenvalue weighted by atomic mass is 32.2. The third kappa shape index (κ3) is 3.33. The maximum Gasteiger partial charge on any atom is 0.387 e. The first-order chi connectivity index (χ1) is 8.15. The van der Waals surface area contributed by atoms with Crippen LogP contribution in [0.3, 0.4) is 0 Å². The molecular weight excluding hydrogens is 246 g/mol. The van der Waals surface area contributed by atoms with Crippen LogP contribution in [0.15, 0.2) is 29.3 Å². The number of amidine groups is 1. The van der Waals surface area contributed by atoms with E-state index in [1.54, 1.807) is 30.0 Å². The molecule has 3 nitrogen and oxygen atoms in total. The van der Waals surface area contributed by atoms with Crippen LogP contribution < -0.4 is 10.1 Å². The van der Waals surface area contributed by atoms with E-state index in [9.17, 15) is 8.78 Å². The first kappa shape index (κ1) is 12.2. The molecule has 0 radical (unpaired) electrons. The minimum atomic E-state index is -2.82. The summed E-state index contributed by atoms with van der Waals surface area (Å²) in [5.74, 6) is 1.03. The molecule has 1 aliphatic heterocycles. The van der Waals surface area contributed by atoms with Gasteiger partial charge in [0.25, 0.3) is 0 Å². The Kier molecular flexibility index (Phi) is 3.83. The lowest BCUT2D eigenvalue weighted by molar-refractivity contribution is -0.0493. The number of hydrogen-bond acceptors (Lipinski definition) is 4. The van der Waals surface area contributed by atoms with E-state index in [-0.39, 0.29) is 11.8 Å². The molecule has 0 saturated carbocycles. The Balaban J connectivity index is 2.12. The summed E-state index contributed by atoms with van der Waals surface area (Å²) in [6.07, 6.45) is 0. The molecule has 1 aromatic rings. The average Bonchev–Trinajstić information content (AvgIpc) is 2.66. The van der Waals surface area contributed by atoms with E-state index in [0.717, 1.165) is 10.9 Å². The van der Waals surface area contributed by atoms with E-state index in [1.807, 2.05) is 6.92 Å². The van der Waals surface area contributed by atoms with Gasteiger partial charge in [-0.15, -0.1) is 0 Å². The quantitative estimate of drug-likeness (QED) is 0.904. The van der Waals surface area contributed by atoms with Gasteiger partial charge in [-0.3, -0.25) is 4.99 Å². The van der Waals surface area contributed by atoms with Crippen molar-refractivity contribution in [3.63, 3.8) is 0 Å². The van der Waals surface area contributed by atoms with Gasteiger partial charge in [-0.25, -0.2) is 0 Å². The van der Waals surface area contributed by atoms with Crippen LogP contribution >= 0.6 is 11.8 Å². The Morgan fingerprint density at radius 2 is 2.24 bits per heavy atom. The number of halogens is 2. The molecule has 0 saturated heterocycles. The Morgan fingerprint density at radius 3 is 2.88 bits per heavy atom. The predicted molar refractivity (Wildman–Crippen MR) is 66.1 cm³/mol. The molecule has 1 N–H and O–H groups in total. The first-order valence-electron chi connectivity index (χ1n) is 5.16. The fourth-order valence-electron chi connectivity index (χ4n) is 1.43. The second-order valence-corrected chi connectivity index (χ2v) is 4.60. The molecular formula is C11H12F2N2OS. The van der Waals surface area contributed by atoms with Gasteiger partial charge in [0.2, 0.25) is 0 Å². The molecule has 92 valence electrons. The maximum atomic E-state index is 12.2. The lowest BCUT2D eigenvalue weighted by Gasteiger charge is -2.11. The molecule has 1 heterocycles. The third-order valence-electron chi connectivity index (χ3n) is 2.14. The summed E-state index contributed by atoms with van der Waals surface area (Å²) in [6.45, 7) is -0.821. The summed E-state index contributed by atoms with van der Waals surface area (Å²) in [4.78, 5) is 4.33. The molecule has 1 aromatic carbocycles. The summed E-state index contributed by atoms with van der Waals surface area (Å²) < 4.78 is 28.8. The van der Waals surface area contributed by atoms with Crippen molar-refractivity contribution in [3.05, 3.63) is 24.3 Å². The second kappa shape index (κ2) is 5.35. The Morgan fingerprint density at radius 1 is 1.47 bits per heavy atom. The van der Waals surface area contributed by atoms with Gasteiger partial charge in [-0.1, -0.05) is 23.9 Å². The molecule has 6 heteroatoms. The SMILES string of the molecule is CC1CSC(Nc2ccccc2OC(F)F)=N1. The number of anilines is 1. The fourth-order valence-corrected chi connectivity index (χ4v) is 2.34. The highest BCUT2D eigenvalue weighted by Crippen LogP contribution is 2.28. The number of benzene rings is 1. The van der Waals surface area contributed by atoms with E-state index in [2.05, 4.69) is 15.0 Å². The van der Waals surface area contributed by atoms with Crippen LogP contribution in [0.25, 0.3) is 0 Å². The van der Waals surface area contributed by atoms with Crippen molar-refractivity contribution in [2.24, 2.45) is 4.99 Å². The van der Waals surface area contributed by atoms with Crippen LogP contribution in [0.4, 0.5) is 14.5 Å². The minimum absolute atomic E-state index is 0.130. The van der Waals surface area contributed by atoms with Gasteiger partial charge in [0.1, 0.15) is 5.75 Å². The third-order valence-corrected chi connectivity index (χ3v) is 3.27. The van der Waals surface area contributed by atoms with E-state index in [0.29, 0.717) is 5.69 Å². The van der Waals surface area contributed by atoms with Gasteiger partial charge < -0.3 is 10.1 Å². The lowest BCUT2D eigenvalue weighted by atomic mass is 10.3. The fraction of sp³-hybridized carbons (Fsp3) is 0.364. The molecule has 0 bridgehead atoms. The zero-order valence-electron chi connectivity index (χ0n) is 9.19. The van der Waals surface area contributed by atoms with Crippen molar-refractivity contribution >= 4 is 22.6 Å². The number of alkyl halides is 2. The monoisotopic (exact) mass is 258 g/mol. The topological polar surface area (TPSA) is 33.6 Å². The standard InChI is InChI=1S/C11H12F2N2OS/c1-7-6-17-11(14-7)15-8-4-2-3-5-9(8)16-10(12)13/h2-5,7,10H,6H2,1H3,(H,14,15). The molecule has 1 unspecified atom stereocenters. The molecule has 0 aliphatic carbocycles. The van der Waals surface area contributed by atoms with E-state index >= 15 is 0 Å². The van der Waals surface area contributed by atoms with Gasteiger partial charge in [0.15, 0.2) is 5.17 Å². The van der Waals surface area contributed by atoms with Crippen LogP contribution in [0.5, 0.6) is 5.75 Å². The minimum Gasteiger partial charge on any atom is -0.433 e. The number of hydrogen-bond donors (Lipinski definition) is 1. The van der Waals surface area contributed by atoms with E-state index in [1.165, 1.54) is 6.07 Å².